The van der Waals surface area contributed by atoms with E-state index in [0.29, 0.717) is 11.3 Å². The fourth-order valence-electron chi connectivity index (χ4n) is 2.61. The molecular formula is C24H18F3NO. The molecule has 0 heterocycles. The van der Waals surface area contributed by atoms with Gasteiger partial charge in [0.2, 0.25) is 5.91 Å². The maximum absolute atomic E-state index is 12.7. The normalized spacial score (nSPS) is 11.8. The van der Waals surface area contributed by atoms with E-state index in [0.717, 1.165) is 23.3 Å². The number of halogens is 3. The molecule has 3 aromatic rings. The average Bonchev–Trinajstić information content (AvgIpc) is 2.72. The molecule has 3 aromatic carbocycles. The first-order chi connectivity index (χ1) is 13.9. The molecule has 1 N–H and O–H groups in total. The third-order valence-corrected chi connectivity index (χ3v) is 4.09. The van der Waals surface area contributed by atoms with E-state index >= 15 is 0 Å². The Bertz CT molecular complexity index is 1020. The number of hydrogen-bond donors (Lipinski definition) is 1. The molecule has 0 saturated carbocycles. The Balaban J connectivity index is 1.59. The average molecular weight is 393 g/mol. The molecule has 0 radical (unpaired) electrons. The standard InChI is InChI=1S/C24H18F3NO/c25-24(26,27)21-8-4-7-20(17-21)13-16-23(29)28-22-14-11-19(12-15-22)10-9-18-5-2-1-3-6-18/h1-17H,(H,28,29)/b10-9+,16-13+. The number of carbonyl (C=O) groups is 1. The van der Waals surface area contributed by atoms with Crippen LogP contribution >= 0.6 is 0 Å². The number of anilines is 1. The van der Waals surface area contributed by atoms with Crippen LogP contribution in [0.1, 0.15) is 22.3 Å². The maximum Gasteiger partial charge on any atom is 0.416 e. The zero-order valence-corrected chi connectivity index (χ0v) is 15.4. The number of hydrogen-bond acceptors (Lipinski definition) is 1. The number of nitrogens with one attached hydrogen (secondary N) is 1. The van der Waals surface area contributed by atoms with E-state index in [2.05, 4.69) is 5.32 Å². The Labute approximate surface area is 167 Å². The molecule has 0 aliphatic carbocycles. The van der Waals surface area contributed by atoms with Gasteiger partial charge in [-0.25, -0.2) is 0 Å². The van der Waals surface area contributed by atoms with Gasteiger partial charge in [0.05, 0.1) is 5.56 Å². The van der Waals surface area contributed by atoms with Gasteiger partial charge < -0.3 is 5.32 Å². The Kier molecular flexibility index (Phi) is 6.29. The molecule has 0 aromatic heterocycles. The Hall–Kier alpha value is -3.60. The van der Waals surface area contributed by atoms with Crippen molar-refractivity contribution in [2.45, 2.75) is 6.18 Å². The van der Waals surface area contributed by atoms with Gasteiger partial charge in [-0.3, -0.25) is 4.79 Å². The van der Waals surface area contributed by atoms with Crippen molar-refractivity contribution in [1.82, 2.24) is 0 Å². The fourth-order valence-corrected chi connectivity index (χ4v) is 2.61. The van der Waals surface area contributed by atoms with E-state index in [1.807, 2.05) is 54.6 Å². The first kappa shape index (κ1) is 20.1. The third kappa shape index (κ3) is 6.21. The summed E-state index contributed by atoms with van der Waals surface area (Å²) < 4.78 is 38.2. The van der Waals surface area contributed by atoms with Gasteiger partial charge in [0, 0.05) is 11.8 Å². The Morgan fingerprint density at radius 3 is 2.00 bits per heavy atom. The summed E-state index contributed by atoms with van der Waals surface area (Å²) in [6.45, 7) is 0. The van der Waals surface area contributed by atoms with Crippen LogP contribution in [0.3, 0.4) is 0 Å². The minimum Gasteiger partial charge on any atom is -0.323 e. The summed E-state index contributed by atoms with van der Waals surface area (Å²) in [5.41, 5.74) is 2.21. The van der Waals surface area contributed by atoms with E-state index in [-0.39, 0.29) is 0 Å². The second kappa shape index (κ2) is 9.06. The van der Waals surface area contributed by atoms with Gasteiger partial charge in [0.15, 0.2) is 0 Å². The van der Waals surface area contributed by atoms with Crippen LogP contribution in [0.2, 0.25) is 0 Å². The predicted octanol–water partition coefficient (Wildman–Crippen LogP) is 6.53. The highest BCUT2D eigenvalue weighted by atomic mass is 19.4. The SMILES string of the molecule is O=C(/C=C/c1cccc(C(F)(F)F)c1)Nc1ccc(/C=C/c2ccccc2)cc1. The predicted molar refractivity (Wildman–Crippen MR) is 111 cm³/mol. The minimum atomic E-state index is -4.41. The molecule has 0 aliphatic rings. The fraction of sp³-hybridized carbons (Fsp3) is 0.0417. The summed E-state index contributed by atoms with van der Waals surface area (Å²) in [7, 11) is 0. The third-order valence-electron chi connectivity index (χ3n) is 4.09. The Morgan fingerprint density at radius 1 is 0.724 bits per heavy atom. The van der Waals surface area contributed by atoms with Gasteiger partial charge in [-0.05, 0) is 47.0 Å². The second-order valence-electron chi connectivity index (χ2n) is 6.31. The van der Waals surface area contributed by atoms with Crippen LogP contribution in [0.5, 0.6) is 0 Å². The van der Waals surface area contributed by atoms with Crippen LogP contribution < -0.4 is 5.32 Å². The maximum atomic E-state index is 12.7. The van der Waals surface area contributed by atoms with Crippen molar-refractivity contribution in [3.63, 3.8) is 0 Å². The molecule has 1 amide bonds. The molecule has 0 atom stereocenters. The van der Waals surface area contributed by atoms with Crippen LogP contribution in [-0.4, -0.2) is 5.91 Å². The van der Waals surface area contributed by atoms with Crippen LogP contribution in [0.4, 0.5) is 18.9 Å². The lowest BCUT2D eigenvalue weighted by molar-refractivity contribution is -0.137. The highest BCUT2D eigenvalue weighted by Gasteiger charge is 2.30. The largest absolute Gasteiger partial charge is 0.416 e. The highest BCUT2D eigenvalue weighted by molar-refractivity contribution is 6.02. The van der Waals surface area contributed by atoms with Gasteiger partial charge in [0.1, 0.15) is 0 Å². The van der Waals surface area contributed by atoms with Crippen molar-refractivity contribution < 1.29 is 18.0 Å². The number of alkyl halides is 3. The van der Waals surface area contributed by atoms with Crippen molar-refractivity contribution >= 4 is 29.8 Å². The van der Waals surface area contributed by atoms with Gasteiger partial charge in [-0.1, -0.05) is 66.7 Å². The van der Waals surface area contributed by atoms with E-state index in [1.54, 1.807) is 12.1 Å². The minimum absolute atomic E-state index is 0.302. The van der Waals surface area contributed by atoms with Crippen molar-refractivity contribution in [3.8, 4) is 0 Å². The van der Waals surface area contributed by atoms with Gasteiger partial charge in [0.25, 0.3) is 0 Å². The topological polar surface area (TPSA) is 29.1 Å². The number of amides is 1. The summed E-state index contributed by atoms with van der Waals surface area (Å²) in [5.74, 6) is -0.421. The molecule has 3 rings (SSSR count). The van der Waals surface area contributed by atoms with E-state index in [1.165, 1.54) is 24.3 Å². The lowest BCUT2D eigenvalue weighted by Gasteiger charge is -2.06. The molecule has 2 nitrogen and oxygen atoms in total. The molecule has 5 heteroatoms. The molecule has 0 bridgehead atoms. The zero-order valence-electron chi connectivity index (χ0n) is 15.4. The summed E-state index contributed by atoms with van der Waals surface area (Å²) in [4.78, 5) is 12.0. The molecule has 146 valence electrons. The molecule has 29 heavy (non-hydrogen) atoms. The van der Waals surface area contributed by atoms with E-state index < -0.39 is 17.6 Å². The van der Waals surface area contributed by atoms with Crippen LogP contribution in [0.25, 0.3) is 18.2 Å². The second-order valence-corrected chi connectivity index (χ2v) is 6.31. The van der Waals surface area contributed by atoms with E-state index in [9.17, 15) is 18.0 Å². The van der Waals surface area contributed by atoms with Crippen molar-refractivity contribution in [2.24, 2.45) is 0 Å². The first-order valence-corrected chi connectivity index (χ1v) is 8.90. The summed E-state index contributed by atoms with van der Waals surface area (Å²) in [6, 6.07) is 22.0. The van der Waals surface area contributed by atoms with Crippen molar-refractivity contribution in [3.05, 3.63) is 107 Å². The molecule has 0 saturated heterocycles. The molecule has 0 unspecified atom stereocenters. The molecule has 0 spiro atoms. The highest BCUT2D eigenvalue weighted by Crippen LogP contribution is 2.29. The lowest BCUT2D eigenvalue weighted by Crippen LogP contribution is -2.07. The smallest absolute Gasteiger partial charge is 0.323 e. The van der Waals surface area contributed by atoms with Crippen LogP contribution in [0, 0.1) is 0 Å². The summed E-state index contributed by atoms with van der Waals surface area (Å²) >= 11 is 0. The van der Waals surface area contributed by atoms with Gasteiger partial charge in [-0.15, -0.1) is 0 Å². The molecule has 0 fully saturated rings. The Morgan fingerprint density at radius 2 is 1.34 bits per heavy atom. The molecule has 0 aliphatic heterocycles. The number of carbonyl (C=O) groups excluding carboxylic acids is 1. The summed E-state index contributed by atoms with van der Waals surface area (Å²) in [6.07, 6.45) is 2.10. The van der Waals surface area contributed by atoms with Gasteiger partial charge in [-0.2, -0.15) is 13.2 Å². The lowest BCUT2D eigenvalue weighted by atomic mass is 10.1. The van der Waals surface area contributed by atoms with Crippen molar-refractivity contribution in [2.75, 3.05) is 5.32 Å². The first-order valence-electron chi connectivity index (χ1n) is 8.90. The monoisotopic (exact) mass is 393 g/mol. The van der Waals surface area contributed by atoms with Crippen LogP contribution in [0.15, 0.2) is 84.9 Å². The number of rotatable bonds is 5. The van der Waals surface area contributed by atoms with E-state index in [4.69, 9.17) is 0 Å². The van der Waals surface area contributed by atoms with Crippen LogP contribution in [-0.2, 0) is 11.0 Å². The quantitative estimate of drug-likeness (QED) is 0.388. The van der Waals surface area contributed by atoms with Crippen molar-refractivity contribution in [1.29, 1.82) is 0 Å². The number of benzene rings is 3. The van der Waals surface area contributed by atoms with Gasteiger partial charge >= 0.3 is 6.18 Å². The zero-order chi connectivity index (χ0) is 20.7. The molecular weight excluding hydrogens is 375 g/mol. The summed E-state index contributed by atoms with van der Waals surface area (Å²) in [5, 5.41) is 2.69.